The molecule has 0 saturated carbocycles. The molecular weight excluding hydrogens is 244 g/mol. The third kappa shape index (κ3) is 3.02. The van der Waals surface area contributed by atoms with E-state index in [1.165, 1.54) is 0 Å². The summed E-state index contributed by atoms with van der Waals surface area (Å²) in [5.74, 6) is -1.92. The van der Waals surface area contributed by atoms with Crippen molar-refractivity contribution >= 4 is 11.9 Å². The highest BCUT2D eigenvalue weighted by Crippen LogP contribution is 2.32. The van der Waals surface area contributed by atoms with E-state index in [2.05, 4.69) is 6.58 Å². The predicted molar refractivity (Wildman–Crippen MR) is 71.8 cm³/mol. The molecular formula is C15H18O4. The van der Waals surface area contributed by atoms with Crippen molar-refractivity contribution in [3.05, 3.63) is 48.6 Å². The summed E-state index contributed by atoms with van der Waals surface area (Å²) in [6.07, 6.45) is 2.15. The van der Waals surface area contributed by atoms with Gasteiger partial charge in [-0.05, 0) is 25.3 Å². The lowest BCUT2D eigenvalue weighted by molar-refractivity contribution is -0.162. The van der Waals surface area contributed by atoms with Gasteiger partial charge in [-0.1, -0.05) is 36.4 Å². The molecule has 1 rings (SSSR count). The van der Waals surface area contributed by atoms with E-state index in [1.54, 1.807) is 43.3 Å². The van der Waals surface area contributed by atoms with Gasteiger partial charge >= 0.3 is 11.9 Å². The molecule has 1 unspecified atom stereocenters. The number of ether oxygens (including phenoxy) is 1. The van der Waals surface area contributed by atoms with Crippen LogP contribution in [0, 0.1) is 0 Å². The number of aliphatic carboxylic acids is 1. The van der Waals surface area contributed by atoms with Crippen LogP contribution in [0.2, 0.25) is 0 Å². The summed E-state index contributed by atoms with van der Waals surface area (Å²) in [4.78, 5) is 23.9. The van der Waals surface area contributed by atoms with Gasteiger partial charge in [-0.2, -0.15) is 0 Å². The number of carboxylic acid groups (broad SMARTS) is 1. The third-order valence-electron chi connectivity index (χ3n) is 2.98. The van der Waals surface area contributed by atoms with Crippen molar-refractivity contribution in [1.29, 1.82) is 0 Å². The molecule has 1 atom stereocenters. The van der Waals surface area contributed by atoms with Gasteiger partial charge in [0, 0.05) is 0 Å². The average Bonchev–Trinajstić information content (AvgIpc) is 2.41. The Morgan fingerprint density at radius 2 is 2.00 bits per heavy atom. The summed E-state index contributed by atoms with van der Waals surface area (Å²) in [6.45, 7) is 5.38. The Morgan fingerprint density at radius 1 is 1.37 bits per heavy atom. The number of carbonyl (C=O) groups excluding carboxylic acids is 1. The fraction of sp³-hybridized carbons (Fsp3) is 0.333. The van der Waals surface area contributed by atoms with Gasteiger partial charge in [0.2, 0.25) is 0 Å². The Balaban J connectivity index is 3.30. The second-order valence-corrected chi connectivity index (χ2v) is 4.12. The van der Waals surface area contributed by atoms with E-state index in [4.69, 9.17) is 4.74 Å². The van der Waals surface area contributed by atoms with Crippen LogP contribution in [-0.2, 0) is 19.7 Å². The van der Waals surface area contributed by atoms with Crippen LogP contribution in [0.5, 0.6) is 0 Å². The first-order chi connectivity index (χ1) is 9.09. The van der Waals surface area contributed by atoms with E-state index >= 15 is 0 Å². The molecule has 0 aromatic heterocycles. The first-order valence-corrected chi connectivity index (χ1v) is 6.16. The second kappa shape index (κ2) is 6.73. The van der Waals surface area contributed by atoms with Gasteiger partial charge in [0.25, 0.3) is 0 Å². The molecule has 0 heterocycles. The number of carbonyl (C=O) groups is 2. The van der Waals surface area contributed by atoms with Crippen LogP contribution in [0.1, 0.15) is 25.3 Å². The van der Waals surface area contributed by atoms with Crippen molar-refractivity contribution in [3.63, 3.8) is 0 Å². The summed E-state index contributed by atoms with van der Waals surface area (Å²) >= 11 is 0. The molecule has 19 heavy (non-hydrogen) atoms. The van der Waals surface area contributed by atoms with Gasteiger partial charge in [0.1, 0.15) is 0 Å². The van der Waals surface area contributed by atoms with Crippen molar-refractivity contribution in [2.45, 2.75) is 25.2 Å². The average molecular weight is 262 g/mol. The molecule has 1 aromatic rings. The van der Waals surface area contributed by atoms with Crippen LogP contribution < -0.4 is 0 Å². The summed E-state index contributed by atoms with van der Waals surface area (Å²) in [6, 6.07) is 8.46. The molecule has 0 spiro atoms. The normalized spacial score (nSPS) is 13.3. The Kier molecular flexibility index (Phi) is 5.30. The Bertz CT molecular complexity index is 452. The topological polar surface area (TPSA) is 63.6 Å². The summed E-state index contributed by atoms with van der Waals surface area (Å²) < 4.78 is 4.97. The quantitative estimate of drug-likeness (QED) is 0.466. The fourth-order valence-electron chi connectivity index (χ4n) is 1.98. The van der Waals surface area contributed by atoms with E-state index in [9.17, 15) is 14.7 Å². The molecule has 102 valence electrons. The highest BCUT2D eigenvalue weighted by Gasteiger charge is 2.48. The maximum Gasteiger partial charge on any atom is 0.328 e. The van der Waals surface area contributed by atoms with Gasteiger partial charge in [-0.3, -0.25) is 9.59 Å². The molecule has 0 radical (unpaired) electrons. The number of esters is 1. The number of allylic oxidation sites excluding steroid dienone is 1. The van der Waals surface area contributed by atoms with E-state index in [0.717, 1.165) is 0 Å². The highest BCUT2D eigenvalue weighted by molar-refractivity contribution is 6.05. The standard InChI is InChI=1S/C15H18O4/c1-3-5-11-15(13(16)17,14(18)19-4-2)12-9-7-6-8-10-12/h3,6-10H,1,4-5,11H2,2H3,(H,16,17). The number of hydrogen-bond acceptors (Lipinski definition) is 3. The molecule has 0 saturated heterocycles. The lowest BCUT2D eigenvalue weighted by Crippen LogP contribution is -2.45. The molecule has 0 bridgehead atoms. The third-order valence-corrected chi connectivity index (χ3v) is 2.98. The summed E-state index contributed by atoms with van der Waals surface area (Å²) in [5, 5.41) is 9.57. The number of carboxylic acids is 1. The molecule has 0 fully saturated rings. The summed E-state index contributed by atoms with van der Waals surface area (Å²) in [7, 11) is 0. The zero-order valence-electron chi connectivity index (χ0n) is 11.0. The molecule has 0 aliphatic rings. The largest absolute Gasteiger partial charge is 0.480 e. The van der Waals surface area contributed by atoms with Crippen molar-refractivity contribution in [3.8, 4) is 0 Å². The Labute approximate surface area is 112 Å². The molecule has 0 aliphatic carbocycles. The molecule has 4 nitrogen and oxygen atoms in total. The zero-order valence-corrected chi connectivity index (χ0v) is 11.0. The SMILES string of the molecule is C=CCCC(C(=O)O)(C(=O)OCC)c1ccccc1. The van der Waals surface area contributed by atoms with Gasteiger partial charge in [-0.25, -0.2) is 0 Å². The minimum absolute atomic E-state index is 0.134. The van der Waals surface area contributed by atoms with Crippen molar-refractivity contribution in [1.82, 2.24) is 0 Å². The van der Waals surface area contributed by atoms with Gasteiger partial charge in [0.15, 0.2) is 5.41 Å². The van der Waals surface area contributed by atoms with Gasteiger partial charge in [0.05, 0.1) is 6.61 Å². The number of benzene rings is 1. The predicted octanol–water partition coefficient (Wildman–Crippen LogP) is 2.54. The van der Waals surface area contributed by atoms with Crippen LogP contribution in [-0.4, -0.2) is 23.7 Å². The first kappa shape index (κ1) is 15.0. The minimum Gasteiger partial charge on any atom is -0.480 e. The van der Waals surface area contributed by atoms with Crippen molar-refractivity contribution in [2.24, 2.45) is 0 Å². The maximum absolute atomic E-state index is 12.2. The number of hydrogen-bond donors (Lipinski definition) is 1. The van der Waals surface area contributed by atoms with E-state index < -0.39 is 17.4 Å². The number of rotatable bonds is 7. The Morgan fingerprint density at radius 3 is 2.47 bits per heavy atom. The van der Waals surface area contributed by atoms with E-state index in [-0.39, 0.29) is 13.0 Å². The molecule has 4 heteroatoms. The summed E-state index contributed by atoms with van der Waals surface area (Å²) in [5.41, 5.74) is -1.23. The van der Waals surface area contributed by atoms with Crippen LogP contribution in [0.3, 0.4) is 0 Å². The van der Waals surface area contributed by atoms with Crippen LogP contribution >= 0.6 is 0 Å². The molecule has 1 N–H and O–H groups in total. The van der Waals surface area contributed by atoms with E-state index in [1.807, 2.05) is 0 Å². The lowest BCUT2D eigenvalue weighted by Gasteiger charge is -2.27. The van der Waals surface area contributed by atoms with Crippen LogP contribution in [0.4, 0.5) is 0 Å². The first-order valence-electron chi connectivity index (χ1n) is 6.16. The fourth-order valence-corrected chi connectivity index (χ4v) is 1.98. The minimum atomic E-state index is -1.66. The van der Waals surface area contributed by atoms with Crippen LogP contribution in [0.15, 0.2) is 43.0 Å². The lowest BCUT2D eigenvalue weighted by atomic mass is 9.76. The zero-order chi connectivity index (χ0) is 14.3. The van der Waals surface area contributed by atoms with Gasteiger partial charge in [-0.15, -0.1) is 6.58 Å². The molecule has 0 aliphatic heterocycles. The maximum atomic E-state index is 12.2. The molecule has 0 amide bonds. The Hall–Kier alpha value is -2.10. The van der Waals surface area contributed by atoms with E-state index in [0.29, 0.717) is 12.0 Å². The monoisotopic (exact) mass is 262 g/mol. The van der Waals surface area contributed by atoms with Crippen molar-refractivity contribution < 1.29 is 19.4 Å². The smallest absolute Gasteiger partial charge is 0.328 e. The highest BCUT2D eigenvalue weighted by atomic mass is 16.5. The van der Waals surface area contributed by atoms with Crippen molar-refractivity contribution in [2.75, 3.05) is 6.61 Å². The second-order valence-electron chi connectivity index (χ2n) is 4.12. The van der Waals surface area contributed by atoms with Crippen LogP contribution in [0.25, 0.3) is 0 Å². The molecule has 1 aromatic carbocycles. The van der Waals surface area contributed by atoms with Gasteiger partial charge < -0.3 is 9.84 Å².